The summed E-state index contributed by atoms with van der Waals surface area (Å²) >= 11 is 0. The fraction of sp³-hybridized carbons (Fsp3) is 0.636. The molecule has 0 radical (unpaired) electrons. The van der Waals surface area contributed by atoms with E-state index < -0.39 is 0 Å². The first-order valence-corrected chi connectivity index (χ1v) is 16.4. The lowest BCUT2D eigenvalue weighted by molar-refractivity contribution is -0.122. The number of nitrogens with one attached hydrogen (secondary N) is 2. The molecule has 7 rings (SSSR count). The van der Waals surface area contributed by atoms with Gasteiger partial charge in [-0.15, -0.1) is 0 Å². The van der Waals surface area contributed by atoms with Crippen LogP contribution in [0.3, 0.4) is 0 Å². The number of aromatic nitrogens is 2. The zero-order chi connectivity index (χ0) is 29.6. The van der Waals surface area contributed by atoms with Crippen molar-refractivity contribution in [3.8, 4) is 5.75 Å². The van der Waals surface area contributed by atoms with E-state index in [9.17, 15) is 9.59 Å². The molecular weight excluding hydrogens is 542 g/mol. The molecule has 3 saturated carbocycles. The van der Waals surface area contributed by atoms with Crippen molar-refractivity contribution in [1.82, 2.24) is 20.2 Å². The van der Waals surface area contributed by atoms with E-state index in [0.29, 0.717) is 35.0 Å². The summed E-state index contributed by atoms with van der Waals surface area (Å²) in [6.45, 7) is 3.18. The van der Waals surface area contributed by atoms with Gasteiger partial charge in [0, 0.05) is 37.3 Å². The summed E-state index contributed by atoms with van der Waals surface area (Å²) in [5, 5.41) is 6.59. The molecule has 230 valence electrons. The van der Waals surface area contributed by atoms with E-state index >= 15 is 0 Å². The molecule has 0 bridgehead atoms. The van der Waals surface area contributed by atoms with Crippen LogP contribution in [0.5, 0.6) is 5.75 Å². The van der Waals surface area contributed by atoms with Gasteiger partial charge in [-0.25, -0.2) is 4.98 Å². The molecule has 3 heterocycles. The molecule has 1 spiro atoms. The summed E-state index contributed by atoms with van der Waals surface area (Å²) in [4.78, 5) is 42.9. The predicted octanol–water partition coefficient (Wildman–Crippen LogP) is 4.87. The minimum Gasteiger partial charge on any atom is -0.495 e. The number of nitrogens with zero attached hydrogens (tertiary/aromatic N) is 5. The van der Waals surface area contributed by atoms with Crippen LogP contribution in [0.1, 0.15) is 87.4 Å². The first-order valence-electron chi connectivity index (χ1n) is 16.4. The van der Waals surface area contributed by atoms with E-state index in [1.165, 1.54) is 38.8 Å². The van der Waals surface area contributed by atoms with Gasteiger partial charge in [-0.1, -0.05) is 12.8 Å². The Morgan fingerprint density at radius 1 is 1.00 bits per heavy atom. The molecule has 4 fully saturated rings. The highest BCUT2D eigenvalue weighted by atomic mass is 16.5. The van der Waals surface area contributed by atoms with Crippen molar-refractivity contribution in [2.24, 2.45) is 5.41 Å². The van der Waals surface area contributed by atoms with Crippen LogP contribution < -0.4 is 25.2 Å². The Hall–Kier alpha value is -3.40. The zero-order valence-corrected chi connectivity index (χ0v) is 25.6. The number of rotatable bonds is 7. The molecule has 2 aromatic rings. The predicted molar refractivity (Wildman–Crippen MR) is 167 cm³/mol. The average Bonchev–Trinajstić information content (AvgIpc) is 3.38. The minimum absolute atomic E-state index is 0.0651. The molecule has 1 saturated heterocycles. The lowest BCUT2D eigenvalue weighted by Crippen LogP contribution is -2.43. The first kappa shape index (κ1) is 28.4. The molecule has 10 nitrogen and oxygen atoms in total. The SMILES string of the molecule is COc1cc(C(=O)N[C@H]2CC[C@@H](N3CCCC3)CC2)ccc1Nc1ncc2c(n1)N(C1CCCC1)CC1(CC1)C(=O)N2C. The molecule has 43 heavy (non-hydrogen) atoms. The number of hydrogen-bond donors (Lipinski definition) is 2. The third kappa shape index (κ3) is 5.54. The van der Waals surface area contributed by atoms with Crippen LogP contribution in [0.25, 0.3) is 0 Å². The Morgan fingerprint density at radius 2 is 1.74 bits per heavy atom. The summed E-state index contributed by atoms with van der Waals surface area (Å²) < 4.78 is 5.70. The molecule has 1 aromatic carbocycles. The van der Waals surface area contributed by atoms with E-state index in [-0.39, 0.29) is 23.3 Å². The van der Waals surface area contributed by atoms with Crippen molar-refractivity contribution in [1.29, 1.82) is 0 Å². The monoisotopic (exact) mass is 587 g/mol. The Labute approximate surface area is 254 Å². The summed E-state index contributed by atoms with van der Waals surface area (Å²) in [6.07, 6.45) is 15.3. The molecule has 0 atom stereocenters. The Bertz CT molecular complexity index is 1360. The van der Waals surface area contributed by atoms with Gasteiger partial charge in [0.2, 0.25) is 11.9 Å². The molecule has 1 aromatic heterocycles. The van der Waals surface area contributed by atoms with Crippen LogP contribution in [-0.4, -0.2) is 78.6 Å². The van der Waals surface area contributed by atoms with E-state index in [1.54, 1.807) is 24.3 Å². The third-order valence-electron chi connectivity index (χ3n) is 10.6. The van der Waals surface area contributed by atoms with Crippen LogP contribution in [-0.2, 0) is 4.79 Å². The summed E-state index contributed by atoms with van der Waals surface area (Å²) in [7, 11) is 3.46. The number of carbonyl (C=O) groups excluding carboxylic acids is 2. The Balaban J connectivity index is 1.06. The largest absolute Gasteiger partial charge is 0.495 e. The van der Waals surface area contributed by atoms with Gasteiger partial charge in [0.25, 0.3) is 5.91 Å². The maximum Gasteiger partial charge on any atom is 0.251 e. The molecule has 5 aliphatic rings. The number of benzene rings is 1. The fourth-order valence-electron chi connectivity index (χ4n) is 7.87. The number of hydrogen-bond acceptors (Lipinski definition) is 8. The van der Waals surface area contributed by atoms with Crippen LogP contribution in [0.2, 0.25) is 0 Å². The van der Waals surface area contributed by atoms with Crippen LogP contribution in [0.4, 0.5) is 23.1 Å². The highest BCUT2D eigenvalue weighted by Gasteiger charge is 2.55. The molecule has 10 heteroatoms. The highest BCUT2D eigenvalue weighted by Crippen LogP contribution is 2.52. The lowest BCUT2D eigenvalue weighted by atomic mass is 9.90. The smallest absolute Gasteiger partial charge is 0.251 e. The minimum atomic E-state index is -0.293. The van der Waals surface area contributed by atoms with Crippen molar-refractivity contribution in [2.45, 2.75) is 95.2 Å². The van der Waals surface area contributed by atoms with Gasteiger partial charge >= 0.3 is 0 Å². The third-order valence-corrected chi connectivity index (χ3v) is 10.6. The number of anilines is 4. The van der Waals surface area contributed by atoms with Crippen molar-refractivity contribution >= 4 is 35.0 Å². The van der Waals surface area contributed by atoms with E-state index in [1.807, 2.05) is 19.2 Å². The fourth-order valence-corrected chi connectivity index (χ4v) is 7.87. The van der Waals surface area contributed by atoms with Gasteiger partial charge in [-0.2, -0.15) is 4.98 Å². The van der Waals surface area contributed by atoms with Gasteiger partial charge in [0.15, 0.2) is 5.82 Å². The zero-order valence-electron chi connectivity index (χ0n) is 25.6. The van der Waals surface area contributed by atoms with Crippen molar-refractivity contribution in [2.75, 3.05) is 48.9 Å². The highest BCUT2D eigenvalue weighted by molar-refractivity contribution is 6.03. The average molecular weight is 588 g/mol. The number of amides is 2. The van der Waals surface area contributed by atoms with Crippen LogP contribution in [0, 0.1) is 5.41 Å². The molecule has 2 aliphatic heterocycles. The van der Waals surface area contributed by atoms with E-state index in [0.717, 1.165) is 69.4 Å². The van der Waals surface area contributed by atoms with Crippen molar-refractivity contribution < 1.29 is 14.3 Å². The lowest BCUT2D eigenvalue weighted by Gasteiger charge is -2.34. The summed E-state index contributed by atoms with van der Waals surface area (Å²) in [5.41, 5.74) is 1.74. The standard InChI is InChI=1S/C33H45N7O3/c1-38-27-20-34-32(37-29(27)40(25-7-3-4-8-25)21-33(15-16-33)31(38)42)36-26-14-9-22(19-28(26)43-2)30(41)35-23-10-12-24(13-11-23)39-17-5-6-18-39/h9,14,19-20,23-25H,3-8,10-13,15-18,21H2,1-2H3,(H,35,41)(H,34,36,37)/t23-,24+. The van der Waals surface area contributed by atoms with Gasteiger partial charge < -0.3 is 30.1 Å². The number of ether oxygens (including phenoxy) is 1. The van der Waals surface area contributed by atoms with E-state index in [2.05, 4.69) is 25.4 Å². The van der Waals surface area contributed by atoms with Gasteiger partial charge in [0.05, 0.1) is 24.4 Å². The molecule has 3 aliphatic carbocycles. The normalized spacial score (nSPS) is 25.5. The first-order chi connectivity index (χ1) is 20.9. The number of fused-ring (bicyclic) bond motifs is 1. The van der Waals surface area contributed by atoms with E-state index in [4.69, 9.17) is 9.72 Å². The second kappa shape index (κ2) is 11.6. The van der Waals surface area contributed by atoms with Gasteiger partial charge in [0.1, 0.15) is 11.4 Å². The van der Waals surface area contributed by atoms with Gasteiger partial charge in [-0.3, -0.25) is 9.59 Å². The van der Waals surface area contributed by atoms with Crippen molar-refractivity contribution in [3.63, 3.8) is 0 Å². The number of carbonyl (C=O) groups is 2. The quantitative estimate of drug-likeness (QED) is 0.473. The maximum atomic E-state index is 13.4. The Morgan fingerprint density at radius 3 is 2.44 bits per heavy atom. The summed E-state index contributed by atoms with van der Waals surface area (Å²) in [6, 6.07) is 6.75. The molecule has 0 unspecified atom stereocenters. The topological polar surface area (TPSA) is 103 Å². The second-order valence-electron chi connectivity index (χ2n) is 13.4. The second-order valence-corrected chi connectivity index (χ2v) is 13.4. The molecule has 2 amide bonds. The summed E-state index contributed by atoms with van der Waals surface area (Å²) in [5.74, 6) is 1.93. The van der Waals surface area contributed by atoms with Crippen LogP contribution >= 0.6 is 0 Å². The van der Waals surface area contributed by atoms with Crippen LogP contribution in [0.15, 0.2) is 24.4 Å². The molecule has 2 N–H and O–H groups in total. The molecular formula is C33H45N7O3. The Kier molecular flexibility index (Phi) is 7.65. The van der Waals surface area contributed by atoms with Gasteiger partial charge in [-0.05, 0) is 95.5 Å². The maximum absolute atomic E-state index is 13.4. The number of likely N-dealkylation sites (tertiary alicyclic amines) is 1. The number of methoxy groups -OCH3 is 1. The van der Waals surface area contributed by atoms with Crippen molar-refractivity contribution in [3.05, 3.63) is 30.0 Å².